The molecular weight excluding hydrogens is 889 g/mol. The third kappa shape index (κ3) is 14.0. The first-order valence-electron chi connectivity index (χ1n) is 23.4. The molecule has 0 bridgehead atoms. The summed E-state index contributed by atoms with van der Waals surface area (Å²) in [6.07, 6.45) is -0.225. The first kappa shape index (κ1) is 51.3. The Morgan fingerprint density at radius 3 is 1.80 bits per heavy atom. The van der Waals surface area contributed by atoms with Crippen LogP contribution in [0.3, 0.4) is 0 Å². The van der Waals surface area contributed by atoms with Crippen LogP contribution in [-0.4, -0.2) is 97.0 Å². The fourth-order valence-corrected chi connectivity index (χ4v) is 8.23. The normalized spacial score (nSPS) is 12.7. The third-order valence-electron chi connectivity index (χ3n) is 11.7. The fourth-order valence-electron chi connectivity index (χ4n) is 8.23. The highest BCUT2D eigenvalue weighted by Gasteiger charge is 2.34. The molecule has 6 rings (SSSR count). The highest BCUT2D eigenvalue weighted by atomic mass is 16.5. The van der Waals surface area contributed by atoms with Crippen molar-refractivity contribution in [3.63, 3.8) is 0 Å². The van der Waals surface area contributed by atoms with E-state index >= 15 is 0 Å². The molecule has 1 aliphatic rings. The Morgan fingerprint density at radius 1 is 0.686 bits per heavy atom. The highest BCUT2D eigenvalue weighted by molar-refractivity contribution is 6.41. The second-order valence-corrected chi connectivity index (χ2v) is 17.2. The lowest BCUT2D eigenvalue weighted by Crippen LogP contribution is -2.56. The Bertz CT molecular complexity index is 2560. The Labute approximate surface area is 408 Å². The van der Waals surface area contributed by atoms with Gasteiger partial charge in [0.15, 0.2) is 0 Å². The predicted molar refractivity (Wildman–Crippen MR) is 267 cm³/mol. The van der Waals surface area contributed by atoms with Crippen molar-refractivity contribution in [3.05, 3.63) is 167 Å². The van der Waals surface area contributed by atoms with Crippen molar-refractivity contribution in [1.82, 2.24) is 36.9 Å². The van der Waals surface area contributed by atoms with Crippen LogP contribution in [0.4, 0.5) is 9.59 Å². The van der Waals surface area contributed by atoms with Gasteiger partial charge in [0.1, 0.15) is 24.1 Å². The highest BCUT2D eigenvalue weighted by Crippen LogP contribution is 2.44. The summed E-state index contributed by atoms with van der Waals surface area (Å²) in [5.74, 6) is -3.60. The molecule has 6 N–H and O–H groups in total. The van der Waals surface area contributed by atoms with Crippen LogP contribution < -0.4 is 32.0 Å². The molecular formula is C54H60N8O8. The van der Waals surface area contributed by atoms with E-state index in [2.05, 4.69) is 37.1 Å². The van der Waals surface area contributed by atoms with Crippen LogP contribution in [0, 0.1) is 5.92 Å². The minimum absolute atomic E-state index is 0.0103. The Hall–Kier alpha value is -8.14. The topological polar surface area (TPSA) is 216 Å². The van der Waals surface area contributed by atoms with Gasteiger partial charge in [0.05, 0.1) is 25.2 Å². The molecule has 0 fully saturated rings. The van der Waals surface area contributed by atoms with E-state index in [1.54, 1.807) is 44.2 Å². The van der Waals surface area contributed by atoms with Crippen molar-refractivity contribution in [2.45, 2.75) is 64.6 Å². The van der Waals surface area contributed by atoms with Crippen molar-refractivity contribution in [1.29, 1.82) is 0 Å². The summed E-state index contributed by atoms with van der Waals surface area (Å²) in [5.41, 5.74) is 8.24. The first-order chi connectivity index (χ1) is 33.8. The lowest BCUT2D eigenvalue weighted by atomic mass is 9.98. The SMILES string of the molecule is CCCC(NC(=O)CN(CCNC(=O)c1ccccc1)C(=O)C(NC(=O)OCC1c2ccccc2-c2ccccc21)C(C)C)C(=NNC(=O)NC(c1ccccc1)c1ccccc1)C(=O)NCC(C)=O. The molecule has 0 saturated heterocycles. The molecule has 7 amide bonds. The van der Waals surface area contributed by atoms with Crippen molar-refractivity contribution < 1.29 is 38.3 Å². The summed E-state index contributed by atoms with van der Waals surface area (Å²) in [6.45, 7) is 5.49. The molecule has 0 saturated carbocycles. The number of rotatable bonds is 22. The van der Waals surface area contributed by atoms with Crippen molar-refractivity contribution in [2.24, 2.45) is 11.0 Å². The van der Waals surface area contributed by atoms with E-state index in [0.717, 1.165) is 33.4 Å². The van der Waals surface area contributed by atoms with E-state index in [4.69, 9.17) is 4.74 Å². The summed E-state index contributed by atoms with van der Waals surface area (Å²) in [4.78, 5) is 95.8. The maximum absolute atomic E-state index is 14.6. The number of ether oxygens (including phenoxy) is 1. The molecule has 16 heteroatoms. The summed E-state index contributed by atoms with van der Waals surface area (Å²) in [6, 6.07) is 39.3. The number of nitrogens with one attached hydrogen (secondary N) is 6. The smallest absolute Gasteiger partial charge is 0.407 e. The number of alkyl carbamates (subject to hydrolysis) is 1. The summed E-state index contributed by atoms with van der Waals surface area (Å²) >= 11 is 0. The number of Topliss-reactive ketones (excluding diaryl/α,β-unsaturated/α-hetero) is 1. The Balaban J connectivity index is 1.19. The quantitative estimate of drug-likeness (QED) is 0.0344. The van der Waals surface area contributed by atoms with Crippen molar-refractivity contribution in [2.75, 3.05) is 32.8 Å². The largest absolute Gasteiger partial charge is 0.449 e. The van der Waals surface area contributed by atoms with Crippen LogP contribution in [0.2, 0.25) is 0 Å². The Kier molecular flexibility index (Phi) is 18.5. The molecule has 0 heterocycles. The number of carbonyl (C=O) groups excluding carboxylic acids is 7. The minimum atomic E-state index is -1.16. The predicted octanol–water partition coefficient (Wildman–Crippen LogP) is 6.24. The molecule has 1 aliphatic carbocycles. The van der Waals surface area contributed by atoms with Gasteiger partial charge in [-0.3, -0.25) is 24.0 Å². The molecule has 5 aromatic rings. The van der Waals surface area contributed by atoms with Crippen LogP contribution in [0.5, 0.6) is 0 Å². The molecule has 0 spiro atoms. The molecule has 2 atom stereocenters. The van der Waals surface area contributed by atoms with Crippen LogP contribution >= 0.6 is 0 Å². The third-order valence-corrected chi connectivity index (χ3v) is 11.7. The first-order valence-corrected chi connectivity index (χ1v) is 23.4. The number of fused-ring (bicyclic) bond motifs is 3. The van der Waals surface area contributed by atoms with E-state index in [1.165, 1.54) is 11.8 Å². The molecule has 0 aliphatic heterocycles. The second kappa shape index (κ2) is 25.3. The Morgan fingerprint density at radius 2 is 1.24 bits per heavy atom. The number of urea groups is 1. The van der Waals surface area contributed by atoms with E-state index in [0.29, 0.717) is 12.0 Å². The van der Waals surface area contributed by atoms with E-state index in [9.17, 15) is 33.6 Å². The van der Waals surface area contributed by atoms with E-state index < -0.39 is 66.3 Å². The molecule has 0 radical (unpaired) electrons. The maximum atomic E-state index is 14.6. The van der Waals surface area contributed by atoms with E-state index in [-0.39, 0.29) is 50.1 Å². The number of hydrazone groups is 1. The zero-order chi connectivity index (χ0) is 50.0. The van der Waals surface area contributed by atoms with Gasteiger partial charge >= 0.3 is 12.1 Å². The van der Waals surface area contributed by atoms with Gasteiger partial charge in [0.2, 0.25) is 11.8 Å². The lowest BCUT2D eigenvalue weighted by Gasteiger charge is -2.30. The number of benzene rings is 5. The van der Waals surface area contributed by atoms with Crippen LogP contribution in [0.1, 0.15) is 85.1 Å². The second-order valence-electron chi connectivity index (χ2n) is 17.2. The van der Waals surface area contributed by atoms with Gasteiger partial charge in [0.25, 0.3) is 11.8 Å². The van der Waals surface area contributed by atoms with Crippen molar-refractivity contribution in [3.8, 4) is 11.1 Å². The average molecular weight is 949 g/mol. The average Bonchev–Trinajstić information content (AvgIpc) is 3.69. The number of hydrogen-bond donors (Lipinski definition) is 6. The molecule has 70 heavy (non-hydrogen) atoms. The zero-order valence-corrected chi connectivity index (χ0v) is 39.8. The molecule has 16 nitrogen and oxygen atoms in total. The fraction of sp³-hybridized carbons (Fsp3) is 0.296. The zero-order valence-electron chi connectivity index (χ0n) is 39.8. The van der Waals surface area contributed by atoms with Crippen LogP contribution in [0.15, 0.2) is 145 Å². The van der Waals surface area contributed by atoms with Crippen molar-refractivity contribution >= 4 is 47.2 Å². The number of nitrogens with zero attached hydrogens (tertiary/aromatic N) is 2. The summed E-state index contributed by atoms with van der Waals surface area (Å²) < 4.78 is 5.80. The number of amides is 7. The molecule has 364 valence electrons. The summed E-state index contributed by atoms with van der Waals surface area (Å²) in [7, 11) is 0. The standard InChI is InChI=1S/C54H60N8O8/c1-5-19-45(49(51(66)56-32-36(4)63)60-61-53(68)58-48(37-20-9-6-10-21-37)38-22-11-7-12-23-38)57-46(64)33-62(31-30-55-50(65)39-24-13-8-14-25-39)52(67)47(35(2)3)59-54(69)70-34-44-42-28-17-15-26-40(42)41-27-16-18-29-43(41)44/h6-18,20-29,35,44-45,47-48H,5,19,30-34H2,1-4H3,(H,55,65)(H,56,66)(H,57,64)(H,59,69)(H2,58,61,68). The van der Waals surface area contributed by atoms with Gasteiger partial charge < -0.3 is 36.2 Å². The van der Waals surface area contributed by atoms with E-state index in [1.807, 2.05) is 116 Å². The van der Waals surface area contributed by atoms with Gasteiger partial charge in [-0.1, -0.05) is 155 Å². The van der Waals surface area contributed by atoms with Gasteiger partial charge in [-0.05, 0) is 64.8 Å². The summed E-state index contributed by atoms with van der Waals surface area (Å²) in [5, 5.41) is 17.9. The number of ketones is 1. The van der Waals surface area contributed by atoms with Gasteiger partial charge in [0, 0.05) is 24.6 Å². The molecule has 5 aromatic carbocycles. The lowest BCUT2D eigenvalue weighted by molar-refractivity contribution is -0.138. The van der Waals surface area contributed by atoms with Crippen LogP contribution in [0.25, 0.3) is 11.1 Å². The van der Waals surface area contributed by atoms with Gasteiger partial charge in [-0.15, -0.1) is 0 Å². The monoisotopic (exact) mass is 948 g/mol. The maximum Gasteiger partial charge on any atom is 0.407 e. The van der Waals surface area contributed by atoms with Gasteiger partial charge in [-0.2, -0.15) is 5.10 Å². The minimum Gasteiger partial charge on any atom is -0.449 e. The van der Waals surface area contributed by atoms with Gasteiger partial charge in [-0.25, -0.2) is 15.0 Å². The number of carbonyl (C=O) groups is 7. The van der Waals surface area contributed by atoms with Crippen LogP contribution in [-0.2, 0) is 23.9 Å². The molecule has 2 unspecified atom stereocenters. The number of hydrogen-bond acceptors (Lipinski definition) is 9. The molecule has 0 aromatic heterocycles.